The summed E-state index contributed by atoms with van der Waals surface area (Å²) in [6, 6.07) is 0. The van der Waals surface area contributed by atoms with Crippen molar-refractivity contribution in [3.8, 4) is 0 Å². The van der Waals surface area contributed by atoms with E-state index in [-0.39, 0.29) is 16.7 Å². The molecule has 4 rings (SSSR count). The summed E-state index contributed by atoms with van der Waals surface area (Å²) in [5, 5.41) is 62.8. The molecule has 0 aromatic rings. The molecule has 4 fully saturated rings. The zero-order valence-corrected chi connectivity index (χ0v) is 22.3. The summed E-state index contributed by atoms with van der Waals surface area (Å²) < 4.78 is 17.0. The van der Waals surface area contributed by atoms with Crippen molar-refractivity contribution in [2.24, 2.45) is 28.1 Å². The highest BCUT2D eigenvalue weighted by Gasteiger charge is 2.65. The molecule has 6 N–H and O–H groups in total. The first kappa shape index (κ1) is 28.6. The Morgan fingerprint density at radius 2 is 1.67 bits per heavy atom. The first-order valence-corrected chi connectivity index (χ1v) is 13.8. The SMILES string of the molecule is CCC[C@@]12CC[C@H]3[C@@](C)(CCC[C@@]3(C)C(O)OC3OC(CO)C(O)C(O)C3O)[C@@H]1CC[C@@](O)(OC)C2. The second-order valence-corrected chi connectivity index (χ2v) is 12.7. The van der Waals surface area contributed by atoms with E-state index in [9.17, 15) is 30.6 Å². The maximum atomic E-state index is 11.5. The van der Waals surface area contributed by atoms with E-state index in [2.05, 4.69) is 13.8 Å². The summed E-state index contributed by atoms with van der Waals surface area (Å²) in [6.07, 6.45) is 0.437. The fourth-order valence-electron chi connectivity index (χ4n) is 9.01. The van der Waals surface area contributed by atoms with Crippen molar-refractivity contribution in [1.82, 2.24) is 0 Å². The number of aliphatic hydroxyl groups is 6. The second kappa shape index (κ2) is 10.3. The molecule has 1 saturated heterocycles. The number of fused-ring (bicyclic) bond motifs is 3. The van der Waals surface area contributed by atoms with Crippen molar-refractivity contribution in [1.29, 1.82) is 0 Å². The monoisotopic (exact) mass is 516 g/mol. The zero-order chi connectivity index (χ0) is 26.5. The van der Waals surface area contributed by atoms with Crippen LogP contribution in [0.4, 0.5) is 0 Å². The number of aliphatic hydroxyl groups excluding tert-OH is 5. The molecule has 210 valence electrons. The highest BCUT2D eigenvalue weighted by molar-refractivity contribution is 5.12. The van der Waals surface area contributed by atoms with E-state index >= 15 is 0 Å². The summed E-state index contributed by atoms with van der Waals surface area (Å²) in [4.78, 5) is 0. The highest BCUT2D eigenvalue weighted by Crippen LogP contribution is 2.70. The van der Waals surface area contributed by atoms with Gasteiger partial charge in [0.05, 0.1) is 6.61 Å². The lowest BCUT2D eigenvalue weighted by atomic mass is 9.39. The summed E-state index contributed by atoms with van der Waals surface area (Å²) in [5.74, 6) is -0.543. The Hall–Kier alpha value is -0.360. The lowest BCUT2D eigenvalue weighted by Gasteiger charge is -2.67. The minimum atomic E-state index is -1.55. The lowest BCUT2D eigenvalue weighted by molar-refractivity contribution is -0.358. The van der Waals surface area contributed by atoms with Crippen LogP contribution in [0.15, 0.2) is 0 Å². The van der Waals surface area contributed by atoms with Gasteiger partial charge in [0, 0.05) is 25.4 Å². The van der Waals surface area contributed by atoms with Crippen LogP contribution in [0.3, 0.4) is 0 Å². The number of hydrogen-bond donors (Lipinski definition) is 6. The number of methoxy groups -OCH3 is 1. The van der Waals surface area contributed by atoms with E-state index in [1.165, 1.54) is 0 Å². The first-order chi connectivity index (χ1) is 16.9. The van der Waals surface area contributed by atoms with E-state index < -0.39 is 54.8 Å². The van der Waals surface area contributed by atoms with Gasteiger partial charge >= 0.3 is 0 Å². The molecule has 0 radical (unpaired) electrons. The summed E-state index contributed by atoms with van der Waals surface area (Å²) in [7, 11) is 1.59. The average molecular weight is 517 g/mol. The Morgan fingerprint density at radius 3 is 2.31 bits per heavy atom. The molecular formula is C27H48O9. The predicted octanol–water partition coefficient (Wildman–Crippen LogP) is 1.65. The van der Waals surface area contributed by atoms with Gasteiger partial charge in [0.25, 0.3) is 0 Å². The van der Waals surface area contributed by atoms with Crippen LogP contribution in [0, 0.1) is 28.1 Å². The largest absolute Gasteiger partial charge is 0.394 e. The number of ether oxygens (including phenoxy) is 3. The summed E-state index contributed by atoms with van der Waals surface area (Å²) >= 11 is 0. The fraction of sp³-hybridized carbons (Fsp3) is 1.00. The van der Waals surface area contributed by atoms with Gasteiger partial charge in [-0.15, -0.1) is 0 Å². The molecular weight excluding hydrogens is 468 g/mol. The van der Waals surface area contributed by atoms with Gasteiger partial charge in [-0.05, 0) is 61.2 Å². The van der Waals surface area contributed by atoms with Gasteiger partial charge in [-0.25, -0.2) is 0 Å². The van der Waals surface area contributed by atoms with Gasteiger partial charge in [-0.1, -0.05) is 33.6 Å². The highest BCUT2D eigenvalue weighted by atomic mass is 16.7. The molecule has 0 spiro atoms. The van der Waals surface area contributed by atoms with Gasteiger partial charge in [-0.3, -0.25) is 0 Å². The first-order valence-electron chi connectivity index (χ1n) is 13.8. The molecule has 9 heteroatoms. The van der Waals surface area contributed by atoms with E-state index in [0.29, 0.717) is 18.8 Å². The molecule has 6 unspecified atom stereocenters. The molecule has 0 aromatic carbocycles. The molecule has 12 atom stereocenters. The second-order valence-electron chi connectivity index (χ2n) is 12.7. The Bertz CT molecular complexity index is 766. The molecule has 1 heterocycles. The summed E-state index contributed by atoms with van der Waals surface area (Å²) in [6.45, 7) is 6.05. The van der Waals surface area contributed by atoms with Crippen LogP contribution in [-0.2, 0) is 14.2 Å². The van der Waals surface area contributed by atoms with E-state index in [0.717, 1.165) is 51.4 Å². The van der Waals surface area contributed by atoms with E-state index in [1.54, 1.807) is 7.11 Å². The van der Waals surface area contributed by atoms with Gasteiger partial charge < -0.3 is 44.8 Å². The third kappa shape index (κ3) is 4.56. The van der Waals surface area contributed by atoms with Gasteiger partial charge in [0.1, 0.15) is 24.4 Å². The van der Waals surface area contributed by atoms with Crippen LogP contribution in [-0.4, -0.2) is 87.1 Å². The van der Waals surface area contributed by atoms with E-state index in [4.69, 9.17) is 14.2 Å². The summed E-state index contributed by atoms with van der Waals surface area (Å²) in [5.41, 5.74) is -0.682. The molecule has 3 aliphatic carbocycles. The Kier molecular flexibility index (Phi) is 8.21. The molecule has 0 bridgehead atoms. The molecule has 3 saturated carbocycles. The third-order valence-electron chi connectivity index (χ3n) is 10.7. The predicted molar refractivity (Wildman–Crippen MR) is 130 cm³/mol. The smallest absolute Gasteiger partial charge is 0.189 e. The van der Waals surface area contributed by atoms with Crippen molar-refractivity contribution in [2.45, 2.75) is 128 Å². The average Bonchev–Trinajstić information content (AvgIpc) is 2.84. The topological polar surface area (TPSA) is 149 Å². The maximum absolute atomic E-state index is 11.5. The van der Waals surface area contributed by atoms with Crippen molar-refractivity contribution < 1.29 is 44.8 Å². The Morgan fingerprint density at radius 1 is 0.972 bits per heavy atom. The van der Waals surface area contributed by atoms with Crippen LogP contribution >= 0.6 is 0 Å². The van der Waals surface area contributed by atoms with Gasteiger partial charge in [0.2, 0.25) is 0 Å². The molecule has 0 aromatic heterocycles. The Balaban J connectivity index is 1.58. The normalized spacial score (nSPS) is 52.3. The van der Waals surface area contributed by atoms with Crippen LogP contribution < -0.4 is 0 Å². The Labute approximate surface area is 214 Å². The van der Waals surface area contributed by atoms with E-state index in [1.807, 2.05) is 6.92 Å². The molecule has 4 aliphatic rings. The fourth-order valence-corrected chi connectivity index (χ4v) is 9.01. The van der Waals surface area contributed by atoms with Crippen LogP contribution in [0.25, 0.3) is 0 Å². The minimum Gasteiger partial charge on any atom is -0.394 e. The number of hydrogen-bond acceptors (Lipinski definition) is 9. The van der Waals surface area contributed by atoms with Crippen molar-refractivity contribution in [3.05, 3.63) is 0 Å². The van der Waals surface area contributed by atoms with Crippen LogP contribution in [0.5, 0.6) is 0 Å². The third-order valence-corrected chi connectivity index (χ3v) is 10.7. The van der Waals surface area contributed by atoms with Crippen LogP contribution in [0.2, 0.25) is 0 Å². The standard InChI is InChI=1S/C27H48O9/c1-5-9-26-12-7-17-24(2,18(26)8-13-27(33,15-26)34-4)10-6-11-25(17,3)23(32)36-22-21(31)20(30)19(29)16(14-28)35-22/h16-23,28-33H,5-15H2,1-4H3/t16?,17-,18-,19?,20?,21?,22?,23?,24+,25+,26-,27+/m0/s1. The minimum absolute atomic E-state index is 0.00958. The molecule has 36 heavy (non-hydrogen) atoms. The lowest BCUT2D eigenvalue weighted by Crippen LogP contribution is -2.63. The van der Waals surface area contributed by atoms with Crippen LogP contribution in [0.1, 0.15) is 85.0 Å². The quantitative estimate of drug-likeness (QED) is 0.278. The van der Waals surface area contributed by atoms with Gasteiger partial charge in [0.15, 0.2) is 18.4 Å². The number of rotatable bonds is 7. The molecule has 9 nitrogen and oxygen atoms in total. The van der Waals surface area contributed by atoms with Crippen molar-refractivity contribution in [3.63, 3.8) is 0 Å². The molecule has 0 amide bonds. The zero-order valence-electron chi connectivity index (χ0n) is 22.3. The van der Waals surface area contributed by atoms with Gasteiger partial charge in [-0.2, -0.15) is 0 Å². The maximum Gasteiger partial charge on any atom is 0.189 e. The van der Waals surface area contributed by atoms with Crippen molar-refractivity contribution in [2.75, 3.05) is 13.7 Å². The van der Waals surface area contributed by atoms with Crippen molar-refractivity contribution >= 4 is 0 Å². The molecule has 1 aliphatic heterocycles.